The standard InChI is InChI=1S/C10H19N5/c1-7(5-11)6-13-10-4-9(12-3)14-8(2)15-10/h4,7H,5-6,11H2,1-3H3,(H2,12,13,14,15). The van der Waals surface area contributed by atoms with Gasteiger partial charge in [0.2, 0.25) is 0 Å². The van der Waals surface area contributed by atoms with Crippen molar-refractivity contribution in [2.75, 3.05) is 30.8 Å². The Balaban J connectivity index is 2.64. The zero-order chi connectivity index (χ0) is 11.3. The van der Waals surface area contributed by atoms with Crippen LogP contribution in [0.3, 0.4) is 0 Å². The minimum Gasteiger partial charge on any atom is -0.373 e. The van der Waals surface area contributed by atoms with Crippen LogP contribution in [0, 0.1) is 12.8 Å². The van der Waals surface area contributed by atoms with Gasteiger partial charge in [0.05, 0.1) is 0 Å². The molecule has 0 radical (unpaired) electrons. The molecule has 15 heavy (non-hydrogen) atoms. The van der Waals surface area contributed by atoms with Crippen LogP contribution in [0.25, 0.3) is 0 Å². The van der Waals surface area contributed by atoms with Crippen molar-refractivity contribution >= 4 is 11.6 Å². The SMILES string of the molecule is CNc1cc(NCC(C)CN)nc(C)n1. The maximum atomic E-state index is 5.54. The molecule has 0 saturated heterocycles. The highest BCUT2D eigenvalue weighted by molar-refractivity contribution is 5.47. The number of aromatic nitrogens is 2. The van der Waals surface area contributed by atoms with E-state index >= 15 is 0 Å². The van der Waals surface area contributed by atoms with E-state index in [9.17, 15) is 0 Å². The van der Waals surface area contributed by atoms with Gasteiger partial charge >= 0.3 is 0 Å². The summed E-state index contributed by atoms with van der Waals surface area (Å²) in [6.07, 6.45) is 0. The number of nitrogens with two attached hydrogens (primary N) is 1. The summed E-state index contributed by atoms with van der Waals surface area (Å²) >= 11 is 0. The van der Waals surface area contributed by atoms with Crippen molar-refractivity contribution in [3.05, 3.63) is 11.9 Å². The van der Waals surface area contributed by atoms with E-state index in [0.717, 1.165) is 24.0 Å². The van der Waals surface area contributed by atoms with Gasteiger partial charge < -0.3 is 16.4 Å². The van der Waals surface area contributed by atoms with Crippen LogP contribution in [0.15, 0.2) is 6.07 Å². The van der Waals surface area contributed by atoms with E-state index in [2.05, 4.69) is 27.5 Å². The highest BCUT2D eigenvalue weighted by atomic mass is 15.1. The number of nitrogens with zero attached hydrogens (tertiary/aromatic N) is 2. The molecule has 1 atom stereocenters. The molecule has 0 spiro atoms. The average Bonchev–Trinajstić information content (AvgIpc) is 2.25. The van der Waals surface area contributed by atoms with Crippen LogP contribution in [0.2, 0.25) is 0 Å². The molecule has 1 heterocycles. The van der Waals surface area contributed by atoms with Crippen molar-refractivity contribution in [3.8, 4) is 0 Å². The highest BCUT2D eigenvalue weighted by Gasteiger charge is 2.02. The minimum atomic E-state index is 0.443. The third-order valence-electron chi connectivity index (χ3n) is 2.13. The van der Waals surface area contributed by atoms with Crippen molar-refractivity contribution in [1.29, 1.82) is 0 Å². The summed E-state index contributed by atoms with van der Waals surface area (Å²) in [5, 5.41) is 6.23. The number of anilines is 2. The number of hydrogen-bond acceptors (Lipinski definition) is 5. The monoisotopic (exact) mass is 209 g/mol. The molecule has 0 saturated carbocycles. The predicted molar refractivity (Wildman–Crippen MR) is 63.0 cm³/mol. The zero-order valence-electron chi connectivity index (χ0n) is 9.54. The molecule has 0 fully saturated rings. The first-order valence-corrected chi connectivity index (χ1v) is 5.13. The van der Waals surface area contributed by atoms with Crippen LogP contribution in [-0.2, 0) is 0 Å². The van der Waals surface area contributed by atoms with Crippen LogP contribution in [-0.4, -0.2) is 30.1 Å². The predicted octanol–water partition coefficient (Wildman–Crippen LogP) is 0.833. The first kappa shape index (κ1) is 11.7. The molecule has 5 nitrogen and oxygen atoms in total. The Morgan fingerprint density at radius 1 is 1.40 bits per heavy atom. The van der Waals surface area contributed by atoms with E-state index in [1.165, 1.54) is 0 Å². The minimum absolute atomic E-state index is 0.443. The Morgan fingerprint density at radius 3 is 2.67 bits per heavy atom. The molecule has 0 aliphatic carbocycles. The normalized spacial score (nSPS) is 12.3. The van der Waals surface area contributed by atoms with Gasteiger partial charge in [0.1, 0.15) is 17.5 Å². The summed E-state index contributed by atoms with van der Waals surface area (Å²) < 4.78 is 0. The van der Waals surface area contributed by atoms with Gasteiger partial charge in [0, 0.05) is 19.7 Å². The summed E-state index contributed by atoms with van der Waals surface area (Å²) in [6, 6.07) is 1.89. The van der Waals surface area contributed by atoms with Gasteiger partial charge in [-0.25, -0.2) is 9.97 Å². The fourth-order valence-electron chi connectivity index (χ4n) is 1.15. The van der Waals surface area contributed by atoms with Crippen LogP contribution in [0.1, 0.15) is 12.7 Å². The molecule has 1 aromatic heterocycles. The lowest BCUT2D eigenvalue weighted by Crippen LogP contribution is -2.20. The third-order valence-corrected chi connectivity index (χ3v) is 2.13. The highest BCUT2D eigenvalue weighted by Crippen LogP contribution is 2.10. The average molecular weight is 209 g/mol. The number of aryl methyl sites for hydroxylation is 1. The molecule has 0 aliphatic rings. The van der Waals surface area contributed by atoms with Gasteiger partial charge in [-0.1, -0.05) is 6.92 Å². The van der Waals surface area contributed by atoms with Crippen molar-refractivity contribution in [3.63, 3.8) is 0 Å². The van der Waals surface area contributed by atoms with Gasteiger partial charge in [-0.15, -0.1) is 0 Å². The molecule has 4 N–H and O–H groups in total. The van der Waals surface area contributed by atoms with Crippen molar-refractivity contribution in [2.45, 2.75) is 13.8 Å². The molecule has 0 amide bonds. The largest absolute Gasteiger partial charge is 0.373 e. The molecule has 1 rings (SSSR count). The summed E-state index contributed by atoms with van der Waals surface area (Å²) in [7, 11) is 1.84. The van der Waals surface area contributed by atoms with E-state index in [-0.39, 0.29) is 0 Å². The quantitative estimate of drug-likeness (QED) is 0.670. The Labute approximate surface area is 90.5 Å². The van der Waals surface area contributed by atoms with E-state index in [1.54, 1.807) is 0 Å². The Morgan fingerprint density at radius 2 is 2.07 bits per heavy atom. The molecule has 0 bridgehead atoms. The summed E-state index contributed by atoms with van der Waals surface area (Å²) in [6.45, 7) is 5.48. The van der Waals surface area contributed by atoms with Crippen molar-refractivity contribution < 1.29 is 0 Å². The van der Waals surface area contributed by atoms with Crippen LogP contribution in [0.5, 0.6) is 0 Å². The smallest absolute Gasteiger partial charge is 0.131 e. The van der Waals surface area contributed by atoms with Crippen LogP contribution < -0.4 is 16.4 Å². The molecular weight excluding hydrogens is 190 g/mol. The topological polar surface area (TPSA) is 75.9 Å². The first-order valence-electron chi connectivity index (χ1n) is 5.13. The van der Waals surface area contributed by atoms with Gasteiger partial charge in [0.15, 0.2) is 0 Å². The number of nitrogens with one attached hydrogen (secondary N) is 2. The fraction of sp³-hybridized carbons (Fsp3) is 0.600. The third kappa shape index (κ3) is 3.71. The second kappa shape index (κ2) is 5.50. The van der Waals surface area contributed by atoms with Crippen molar-refractivity contribution in [1.82, 2.24) is 9.97 Å². The number of rotatable bonds is 5. The fourth-order valence-corrected chi connectivity index (χ4v) is 1.15. The van der Waals surface area contributed by atoms with Gasteiger partial charge in [-0.3, -0.25) is 0 Å². The first-order chi connectivity index (χ1) is 7.15. The lowest BCUT2D eigenvalue weighted by Gasteiger charge is -2.11. The van der Waals surface area contributed by atoms with E-state index in [4.69, 9.17) is 5.73 Å². The Bertz CT molecular complexity index is 313. The van der Waals surface area contributed by atoms with Gasteiger partial charge in [0.25, 0.3) is 0 Å². The van der Waals surface area contributed by atoms with E-state index in [0.29, 0.717) is 12.5 Å². The van der Waals surface area contributed by atoms with Crippen LogP contribution >= 0.6 is 0 Å². The lowest BCUT2D eigenvalue weighted by molar-refractivity contribution is 0.626. The lowest BCUT2D eigenvalue weighted by atomic mass is 10.2. The molecule has 5 heteroatoms. The molecule has 1 unspecified atom stereocenters. The summed E-state index contributed by atoms with van der Waals surface area (Å²) in [5.74, 6) is 2.86. The maximum Gasteiger partial charge on any atom is 0.131 e. The summed E-state index contributed by atoms with van der Waals surface area (Å²) in [4.78, 5) is 8.50. The Kier molecular flexibility index (Phi) is 4.30. The van der Waals surface area contributed by atoms with Crippen LogP contribution in [0.4, 0.5) is 11.6 Å². The molecule has 0 aliphatic heterocycles. The molecule has 84 valence electrons. The molecule has 1 aromatic rings. The van der Waals surface area contributed by atoms with E-state index < -0.39 is 0 Å². The van der Waals surface area contributed by atoms with Gasteiger partial charge in [-0.05, 0) is 19.4 Å². The molecular formula is C10H19N5. The maximum absolute atomic E-state index is 5.54. The van der Waals surface area contributed by atoms with E-state index in [1.807, 2.05) is 20.0 Å². The Hall–Kier alpha value is -1.36. The van der Waals surface area contributed by atoms with Gasteiger partial charge in [-0.2, -0.15) is 0 Å². The second-order valence-electron chi connectivity index (χ2n) is 3.66. The zero-order valence-corrected chi connectivity index (χ0v) is 9.54. The summed E-state index contributed by atoms with van der Waals surface area (Å²) in [5.41, 5.74) is 5.54. The molecule has 0 aromatic carbocycles. The van der Waals surface area contributed by atoms with Crippen molar-refractivity contribution in [2.24, 2.45) is 11.7 Å². The number of hydrogen-bond donors (Lipinski definition) is 3. The second-order valence-corrected chi connectivity index (χ2v) is 3.66.